The van der Waals surface area contributed by atoms with Crippen molar-refractivity contribution < 1.29 is 4.79 Å². The number of hydrogen-bond acceptors (Lipinski definition) is 4. The number of amides is 1. The Bertz CT molecular complexity index is 342. The van der Waals surface area contributed by atoms with E-state index in [9.17, 15) is 4.79 Å². The van der Waals surface area contributed by atoms with E-state index in [0.717, 1.165) is 0 Å². The fourth-order valence-corrected chi connectivity index (χ4v) is 1.07. The molecule has 0 aliphatic carbocycles. The molecule has 0 atom stereocenters. The Labute approximate surface area is 86.4 Å². The molecule has 0 spiro atoms. The van der Waals surface area contributed by atoms with Crippen LogP contribution in [0.2, 0.25) is 5.02 Å². The molecule has 0 saturated heterocycles. The number of nitrogens with one attached hydrogen (secondary N) is 1. The van der Waals surface area contributed by atoms with E-state index in [2.05, 4.69) is 10.3 Å². The molecule has 5 N–H and O–H groups in total. The van der Waals surface area contributed by atoms with Crippen molar-refractivity contribution in [2.45, 2.75) is 6.42 Å². The van der Waals surface area contributed by atoms with Gasteiger partial charge in [0.1, 0.15) is 5.82 Å². The van der Waals surface area contributed by atoms with Crippen LogP contribution in [-0.4, -0.2) is 17.4 Å². The van der Waals surface area contributed by atoms with Crippen molar-refractivity contribution in [3.05, 3.63) is 17.3 Å². The molecular weight excluding hydrogens is 204 g/mol. The molecule has 0 radical (unpaired) electrons. The highest BCUT2D eigenvalue weighted by Gasteiger charge is 2.01. The van der Waals surface area contributed by atoms with Crippen molar-refractivity contribution in [3.63, 3.8) is 0 Å². The summed E-state index contributed by atoms with van der Waals surface area (Å²) in [4.78, 5) is 14.4. The molecule has 0 bridgehead atoms. The van der Waals surface area contributed by atoms with Crippen molar-refractivity contribution in [2.75, 3.05) is 17.6 Å². The molecule has 1 aromatic heterocycles. The van der Waals surface area contributed by atoms with Gasteiger partial charge in [0.25, 0.3) is 0 Å². The lowest BCUT2D eigenvalue weighted by molar-refractivity contribution is -0.117. The number of nitrogens with two attached hydrogens (primary N) is 2. The largest absolute Gasteiger partial charge is 0.396 e. The average Bonchev–Trinajstić information content (AvgIpc) is 2.08. The predicted molar refractivity (Wildman–Crippen MR) is 56.0 cm³/mol. The second kappa shape index (κ2) is 4.66. The summed E-state index contributed by atoms with van der Waals surface area (Å²) in [5, 5.41) is 3.35. The number of primary amides is 1. The van der Waals surface area contributed by atoms with Crippen molar-refractivity contribution in [3.8, 4) is 0 Å². The number of nitrogens with zero attached hydrogens (tertiary/aromatic N) is 1. The number of halogens is 1. The second-order valence-electron chi connectivity index (χ2n) is 2.73. The van der Waals surface area contributed by atoms with Gasteiger partial charge in [-0.3, -0.25) is 4.79 Å². The van der Waals surface area contributed by atoms with Crippen LogP contribution in [0.1, 0.15) is 6.42 Å². The van der Waals surface area contributed by atoms with Gasteiger partial charge in [0.15, 0.2) is 0 Å². The summed E-state index contributed by atoms with van der Waals surface area (Å²) in [6.07, 6.45) is 1.72. The van der Waals surface area contributed by atoms with Crippen molar-refractivity contribution in [1.82, 2.24) is 4.98 Å². The first-order valence-electron chi connectivity index (χ1n) is 4.03. The summed E-state index contributed by atoms with van der Waals surface area (Å²) in [6, 6.07) is 1.58. The van der Waals surface area contributed by atoms with Crippen LogP contribution < -0.4 is 16.8 Å². The topological polar surface area (TPSA) is 94.0 Å². The third-order valence-corrected chi connectivity index (χ3v) is 1.75. The standard InChI is InChI=1S/C8H11ClN4O/c9-5-3-6(10)8(13-4-5)12-2-1-7(11)14/h3-4H,1-2,10H2,(H2,11,14)(H,12,13). The Morgan fingerprint density at radius 1 is 1.64 bits per heavy atom. The molecule has 76 valence electrons. The van der Waals surface area contributed by atoms with E-state index in [1.54, 1.807) is 6.07 Å². The lowest BCUT2D eigenvalue weighted by Gasteiger charge is -2.06. The molecule has 6 heteroatoms. The minimum absolute atomic E-state index is 0.240. The number of pyridine rings is 1. The van der Waals surface area contributed by atoms with E-state index in [1.165, 1.54) is 6.20 Å². The highest BCUT2D eigenvalue weighted by atomic mass is 35.5. The molecule has 0 aliphatic rings. The van der Waals surface area contributed by atoms with Gasteiger partial charge in [-0.05, 0) is 6.07 Å². The average molecular weight is 215 g/mol. The number of aromatic nitrogens is 1. The smallest absolute Gasteiger partial charge is 0.219 e. The SMILES string of the molecule is NC(=O)CCNc1ncc(Cl)cc1N. The Balaban J connectivity index is 2.55. The molecule has 0 fully saturated rings. The molecule has 0 unspecified atom stereocenters. The third kappa shape index (κ3) is 3.10. The van der Waals surface area contributed by atoms with Crippen LogP contribution in [0.3, 0.4) is 0 Å². The molecule has 0 aliphatic heterocycles. The van der Waals surface area contributed by atoms with Gasteiger partial charge in [-0.25, -0.2) is 4.98 Å². The van der Waals surface area contributed by atoms with Crippen LogP contribution >= 0.6 is 11.6 Å². The Morgan fingerprint density at radius 3 is 2.93 bits per heavy atom. The zero-order valence-electron chi connectivity index (χ0n) is 7.46. The molecule has 0 saturated carbocycles. The first-order valence-corrected chi connectivity index (χ1v) is 4.40. The maximum absolute atomic E-state index is 10.4. The van der Waals surface area contributed by atoms with E-state index in [0.29, 0.717) is 23.1 Å². The first-order chi connectivity index (χ1) is 6.59. The van der Waals surface area contributed by atoms with Crippen LogP contribution in [0.25, 0.3) is 0 Å². The maximum Gasteiger partial charge on any atom is 0.219 e. The van der Waals surface area contributed by atoms with Crippen LogP contribution in [0.15, 0.2) is 12.3 Å². The normalized spacial score (nSPS) is 9.79. The highest BCUT2D eigenvalue weighted by Crippen LogP contribution is 2.18. The summed E-state index contributed by atoms with van der Waals surface area (Å²) < 4.78 is 0. The summed E-state index contributed by atoms with van der Waals surface area (Å²) in [5.41, 5.74) is 11.0. The quantitative estimate of drug-likeness (QED) is 0.684. The Morgan fingerprint density at radius 2 is 2.36 bits per heavy atom. The zero-order chi connectivity index (χ0) is 10.6. The lowest BCUT2D eigenvalue weighted by atomic mass is 10.3. The molecule has 5 nitrogen and oxygen atoms in total. The van der Waals surface area contributed by atoms with E-state index >= 15 is 0 Å². The molecule has 0 aromatic carbocycles. The molecule has 1 rings (SSSR count). The van der Waals surface area contributed by atoms with Gasteiger partial charge >= 0.3 is 0 Å². The lowest BCUT2D eigenvalue weighted by Crippen LogP contribution is -2.16. The predicted octanol–water partition coefficient (Wildman–Crippen LogP) is 0.604. The molecule has 1 aromatic rings. The summed E-state index contributed by atoms with van der Waals surface area (Å²) in [5.74, 6) is 0.140. The van der Waals surface area contributed by atoms with Crippen LogP contribution in [0.5, 0.6) is 0 Å². The third-order valence-electron chi connectivity index (χ3n) is 1.55. The maximum atomic E-state index is 10.4. The second-order valence-corrected chi connectivity index (χ2v) is 3.17. The number of hydrogen-bond donors (Lipinski definition) is 3. The first kappa shape index (κ1) is 10.6. The summed E-state index contributed by atoms with van der Waals surface area (Å²) in [6.45, 7) is 0.411. The van der Waals surface area contributed by atoms with Gasteiger partial charge in [-0.1, -0.05) is 11.6 Å². The summed E-state index contributed by atoms with van der Waals surface area (Å²) >= 11 is 5.66. The fourth-order valence-electron chi connectivity index (χ4n) is 0.907. The summed E-state index contributed by atoms with van der Waals surface area (Å²) in [7, 11) is 0. The number of carbonyl (C=O) groups excluding carboxylic acids is 1. The van der Waals surface area contributed by atoms with Crippen molar-refractivity contribution >= 4 is 29.0 Å². The van der Waals surface area contributed by atoms with E-state index < -0.39 is 0 Å². The number of carbonyl (C=O) groups is 1. The van der Waals surface area contributed by atoms with Crippen LogP contribution in [0, 0.1) is 0 Å². The van der Waals surface area contributed by atoms with E-state index in [-0.39, 0.29) is 12.3 Å². The molecule has 14 heavy (non-hydrogen) atoms. The minimum Gasteiger partial charge on any atom is -0.396 e. The number of nitrogen functional groups attached to an aromatic ring is 1. The fraction of sp³-hybridized carbons (Fsp3) is 0.250. The number of anilines is 2. The molecule has 1 amide bonds. The van der Waals surface area contributed by atoms with Gasteiger partial charge in [0.05, 0.1) is 10.7 Å². The van der Waals surface area contributed by atoms with Gasteiger partial charge in [-0.2, -0.15) is 0 Å². The zero-order valence-corrected chi connectivity index (χ0v) is 8.21. The van der Waals surface area contributed by atoms with Gasteiger partial charge in [0, 0.05) is 19.2 Å². The highest BCUT2D eigenvalue weighted by molar-refractivity contribution is 6.30. The monoisotopic (exact) mass is 214 g/mol. The van der Waals surface area contributed by atoms with Gasteiger partial charge in [0.2, 0.25) is 5.91 Å². The van der Waals surface area contributed by atoms with E-state index in [1.807, 2.05) is 0 Å². The van der Waals surface area contributed by atoms with Crippen molar-refractivity contribution in [1.29, 1.82) is 0 Å². The van der Waals surface area contributed by atoms with Crippen LogP contribution in [-0.2, 0) is 4.79 Å². The number of rotatable bonds is 4. The molecule has 1 heterocycles. The van der Waals surface area contributed by atoms with Gasteiger partial charge in [-0.15, -0.1) is 0 Å². The minimum atomic E-state index is -0.370. The Kier molecular flexibility index (Phi) is 3.53. The molecular formula is C8H11ClN4O. The van der Waals surface area contributed by atoms with E-state index in [4.69, 9.17) is 23.1 Å². The van der Waals surface area contributed by atoms with Crippen LogP contribution in [0.4, 0.5) is 11.5 Å². The van der Waals surface area contributed by atoms with Gasteiger partial charge < -0.3 is 16.8 Å². The van der Waals surface area contributed by atoms with Crippen molar-refractivity contribution in [2.24, 2.45) is 5.73 Å². The Hall–Kier alpha value is -1.49.